The number of aromatic nitrogens is 3. The van der Waals surface area contributed by atoms with E-state index in [-0.39, 0.29) is 25.4 Å². The lowest BCUT2D eigenvalue weighted by Crippen LogP contribution is -2.57. The van der Waals surface area contributed by atoms with Crippen LogP contribution < -0.4 is 26.0 Å². The molecule has 0 spiro atoms. The summed E-state index contributed by atoms with van der Waals surface area (Å²) in [5.41, 5.74) is 3.28. The van der Waals surface area contributed by atoms with Gasteiger partial charge in [0.1, 0.15) is 35.4 Å². The van der Waals surface area contributed by atoms with Gasteiger partial charge in [0.05, 0.1) is 5.52 Å². The van der Waals surface area contributed by atoms with Crippen LogP contribution in [0, 0.1) is 0 Å². The Morgan fingerprint density at radius 1 is 0.922 bits per heavy atom. The van der Waals surface area contributed by atoms with Crippen molar-refractivity contribution in [2.24, 2.45) is 0 Å². The lowest BCUT2D eigenvalue weighted by Gasteiger charge is -2.29. The number of carbonyl (C=O) groups is 5. The molecule has 4 aromatic rings. The maximum Gasteiger partial charge on any atom is 0.258 e. The van der Waals surface area contributed by atoms with Crippen LogP contribution in [0.4, 0.5) is 0 Å². The predicted octanol–water partition coefficient (Wildman–Crippen LogP) is 1.28. The zero-order valence-corrected chi connectivity index (χ0v) is 28.4. The number of aryl methyl sites for hydroxylation is 1. The number of hydrogen-bond acceptors (Lipinski definition) is 8. The Balaban J connectivity index is 1.16. The maximum absolute atomic E-state index is 13.9. The molecule has 51 heavy (non-hydrogen) atoms. The van der Waals surface area contributed by atoms with Crippen molar-refractivity contribution < 1.29 is 28.7 Å². The van der Waals surface area contributed by atoms with Crippen molar-refractivity contribution in [1.29, 1.82) is 0 Å². The number of carbonyl (C=O) groups excluding carboxylic acids is 5. The van der Waals surface area contributed by atoms with E-state index in [2.05, 4.69) is 31.6 Å². The fraction of sp³-hybridized carbons (Fsp3) is 0.378. The van der Waals surface area contributed by atoms with Gasteiger partial charge >= 0.3 is 0 Å². The van der Waals surface area contributed by atoms with Gasteiger partial charge < -0.3 is 30.9 Å². The molecule has 3 aromatic carbocycles. The summed E-state index contributed by atoms with van der Waals surface area (Å²) in [7, 11) is 0. The summed E-state index contributed by atoms with van der Waals surface area (Å²) in [5.74, 6) is -1.86. The van der Waals surface area contributed by atoms with Crippen LogP contribution >= 0.6 is 0 Å². The highest BCUT2D eigenvalue weighted by molar-refractivity contribution is 5.96. The average Bonchev–Trinajstić information content (AvgIpc) is 3.80. The van der Waals surface area contributed by atoms with E-state index in [1.807, 2.05) is 54.6 Å². The highest BCUT2D eigenvalue weighted by Gasteiger charge is 2.39. The molecule has 0 radical (unpaired) electrons. The zero-order valence-electron chi connectivity index (χ0n) is 28.4. The third kappa shape index (κ3) is 8.87. The number of para-hydroxylation sites is 1. The van der Waals surface area contributed by atoms with Crippen LogP contribution in [0.1, 0.15) is 37.3 Å². The summed E-state index contributed by atoms with van der Waals surface area (Å²) in [6.07, 6.45) is 1.97. The Morgan fingerprint density at radius 2 is 1.69 bits per heavy atom. The largest absolute Gasteiger partial charge is 0.484 e. The molecular formula is C37H42N8O6. The Labute approximate surface area is 295 Å². The molecule has 4 N–H and O–H groups in total. The van der Waals surface area contributed by atoms with Gasteiger partial charge in [-0.25, -0.2) is 4.68 Å². The summed E-state index contributed by atoms with van der Waals surface area (Å²) in [6, 6.07) is 20.1. The molecule has 4 atom stereocenters. The molecule has 1 aromatic heterocycles. The van der Waals surface area contributed by atoms with E-state index in [9.17, 15) is 24.0 Å². The van der Waals surface area contributed by atoms with Crippen molar-refractivity contribution in [3.63, 3.8) is 0 Å². The topological polar surface area (TPSA) is 177 Å². The maximum atomic E-state index is 13.9. The van der Waals surface area contributed by atoms with Crippen LogP contribution in [-0.4, -0.2) is 93.3 Å². The van der Waals surface area contributed by atoms with E-state index in [0.717, 1.165) is 22.2 Å². The highest BCUT2D eigenvalue weighted by Crippen LogP contribution is 2.21. The van der Waals surface area contributed by atoms with E-state index in [1.54, 1.807) is 35.9 Å². The first-order chi connectivity index (χ1) is 24.7. The molecule has 3 aliphatic rings. The smallest absolute Gasteiger partial charge is 0.258 e. The van der Waals surface area contributed by atoms with Crippen molar-refractivity contribution in [3.8, 4) is 5.75 Å². The van der Waals surface area contributed by atoms with Gasteiger partial charge in [0, 0.05) is 32.5 Å². The van der Waals surface area contributed by atoms with E-state index >= 15 is 0 Å². The van der Waals surface area contributed by atoms with Crippen LogP contribution in [0.25, 0.3) is 11.0 Å². The molecule has 4 heterocycles. The molecule has 266 valence electrons. The molecule has 0 unspecified atom stereocenters. The lowest BCUT2D eigenvalue weighted by atomic mass is 10.0. The molecule has 1 fully saturated rings. The molecule has 0 saturated carbocycles. The molecule has 14 nitrogen and oxygen atoms in total. The van der Waals surface area contributed by atoms with Gasteiger partial charge in [-0.05, 0) is 61.6 Å². The molecule has 0 aliphatic carbocycles. The predicted molar refractivity (Wildman–Crippen MR) is 187 cm³/mol. The standard InChI is InChI=1S/C37H42N8O6/c1-24-34(47)41-29(35(48)38-18-8-20-45-31-12-6-5-11-28(31)42-43-45)21-26-14-16-27(17-15-26)51-23-33(46)40-30(22-25-9-3-2-4-10-25)37(50)44-19-7-13-32(44)36(49)39-24/h2-6,9-12,14-17,24,29-30,32H,7-8,13,18-23H2,1H3,(H,38,48)(H,39,49)(H,40,46)(H,41,47)/t24-,29-,30+,32+/m0/s1. The molecule has 2 bridgehead atoms. The van der Waals surface area contributed by atoms with Gasteiger partial charge in [0.15, 0.2) is 6.61 Å². The first kappa shape index (κ1) is 35.1. The molecule has 1 saturated heterocycles. The molecule has 7 rings (SSSR count). The number of amides is 5. The van der Waals surface area contributed by atoms with Crippen molar-refractivity contribution in [2.75, 3.05) is 19.7 Å². The Bertz CT molecular complexity index is 1860. The van der Waals surface area contributed by atoms with Crippen molar-refractivity contribution >= 4 is 40.6 Å². The van der Waals surface area contributed by atoms with Gasteiger partial charge in [0.25, 0.3) is 5.91 Å². The van der Waals surface area contributed by atoms with E-state index in [1.165, 1.54) is 4.90 Å². The Morgan fingerprint density at radius 3 is 2.49 bits per heavy atom. The van der Waals surface area contributed by atoms with Crippen molar-refractivity contribution in [2.45, 2.75) is 69.7 Å². The Hall–Kier alpha value is -5.79. The third-order valence-corrected chi connectivity index (χ3v) is 9.14. The SMILES string of the molecule is C[C@@H]1NC(=O)[C@H]2CCCN2C(=O)[C@@H](Cc2ccccc2)NC(=O)COc2ccc(cc2)C[C@@H](C(=O)NCCCn2nnc3ccccc32)NC1=O. The fourth-order valence-corrected chi connectivity index (χ4v) is 6.42. The third-order valence-electron chi connectivity index (χ3n) is 9.14. The number of benzene rings is 3. The minimum Gasteiger partial charge on any atom is -0.484 e. The Kier molecular flexibility index (Phi) is 11.2. The van der Waals surface area contributed by atoms with Gasteiger partial charge in [-0.1, -0.05) is 59.8 Å². The molecule has 14 heteroatoms. The van der Waals surface area contributed by atoms with Crippen molar-refractivity contribution in [1.82, 2.24) is 41.2 Å². The normalized spacial score (nSPS) is 21.8. The van der Waals surface area contributed by atoms with E-state index in [0.29, 0.717) is 44.6 Å². The van der Waals surface area contributed by atoms with Gasteiger partial charge in [-0.2, -0.15) is 0 Å². The summed E-state index contributed by atoms with van der Waals surface area (Å²) < 4.78 is 7.52. The number of fused-ring (bicyclic) bond motifs is 14. The van der Waals surface area contributed by atoms with Crippen molar-refractivity contribution in [3.05, 3.63) is 90.0 Å². The quantitative estimate of drug-likeness (QED) is 0.209. The average molecular weight is 695 g/mol. The van der Waals surface area contributed by atoms with E-state index in [4.69, 9.17) is 4.74 Å². The first-order valence-electron chi connectivity index (χ1n) is 17.3. The van der Waals surface area contributed by atoms with Gasteiger partial charge in [-0.3, -0.25) is 24.0 Å². The monoisotopic (exact) mass is 694 g/mol. The lowest BCUT2D eigenvalue weighted by molar-refractivity contribution is -0.142. The van der Waals surface area contributed by atoms with Gasteiger partial charge in [-0.15, -0.1) is 5.10 Å². The highest BCUT2D eigenvalue weighted by atomic mass is 16.5. The summed E-state index contributed by atoms with van der Waals surface area (Å²) in [5, 5.41) is 19.6. The zero-order chi connectivity index (χ0) is 35.7. The van der Waals surface area contributed by atoms with Crippen LogP contribution in [0.2, 0.25) is 0 Å². The van der Waals surface area contributed by atoms with Crippen LogP contribution in [0.15, 0.2) is 78.9 Å². The van der Waals surface area contributed by atoms with Gasteiger partial charge in [0.2, 0.25) is 23.6 Å². The molecule has 3 aliphatic heterocycles. The number of rotatable bonds is 7. The van der Waals surface area contributed by atoms with Crippen LogP contribution in [0.5, 0.6) is 5.75 Å². The van der Waals surface area contributed by atoms with Crippen LogP contribution in [0.3, 0.4) is 0 Å². The number of nitrogens with zero attached hydrogens (tertiary/aromatic N) is 4. The van der Waals surface area contributed by atoms with E-state index < -0.39 is 47.8 Å². The number of ether oxygens (including phenoxy) is 1. The fourth-order valence-electron chi connectivity index (χ4n) is 6.42. The minimum absolute atomic E-state index is 0.165. The second-order valence-corrected chi connectivity index (χ2v) is 12.9. The second kappa shape index (κ2) is 16.3. The van der Waals surface area contributed by atoms with Crippen LogP contribution in [-0.2, 0) is 43.4 Å². The minimum atomic E-state index is -0.997. The number of nitrogens with one attached hydrogen (secondary N) is 4. The molecular weight excluding hydrogens is 652 g/mol. The second-order valence-electron chi connectivity index (χ2n) is 12.9. The number of hydrogen-bond donors (Lipinski definition) is 4. The summed E-state index contributed by atoms with van der Waals surface area (Å²) in [6.45, 7) is 2.41. The summed E-state index contributed by atoms with van der Waals surface area (Å²) in [4.78, 5) is 68.9. The first-order valence-corrected chi connectivity index (χ1v) is 17.3. The summed E-state index contributed by atoms with van der Waals surface area (Å²) >= 11 is 0. The molecule has 5 amide bonds.